The van der Waals surface area contributed by atoms with E-state index in [0.717, 1.165) is 0 Å². The number of carboxylic acids is 1. The highest BCUT2D eigenvalue weighted by Crippen LogP contribution is 2.05. The Morgan fingerprint density at radius 2 is 2.33 bits per heavy atom. The molecule has 0 saturated heterocycles. The molecule has 1 aromatic heterocycles. The first-order valence-corrected chi connectivity index (χ1v) is 5.51. The SMILES string of the molecule is CC(NS(=O)(=O)CC(=O)O)c1nn[nH]n1. The molecule has 15 heavy (non-hydrogen) atoms. The van der Waals surface area contributed by atoms with Crippen molar-refractivity contribution in [3.63, 3.8) is 0 Å². The molecule has 0 saturated carbocycles. The average Bonchev–Trinajstić information content (AvgIpc) is 2.50. The summed E-state index contributed by atoms with van der Waals surface area (Å²) in [5.41, 5.74) is 0. The molecule has 1 atom stereocenters. The first-order chi connectivity index (χ1) is 6.91. The van der Waals surface area contributed by atoms with E-state index in [9.17, 15) is 13.2 Å². The van der Waals surface area contributed by atoms with Crippen LogP contribution in [0, 0.1) is 0 Å². The minimum absolute atomic E-state index is 0.143. The molecule has 9 nitrogen and oxygen atoms in total. The van der Waals surface area contributed by atoms with E-state index in [1.807, 2.05) is 0 Å². The number of aliphatic carboxylic acids is 1. The third-order valence-corrected chi connectivity index (χ3v) is 2.76. The second kappa shape index (κ2) is 4.31. The molecule has 3 N–H and O–H groups in total. The van der Waals surface area contributed by atoms with E-state index < -0.39 is 27.8 Å². The monoisotopic (exact) mass is 235 g/mol. The Balaban J connectivity index is 2.66. The van der Waals surface area contributed by atoms with E-state index in [1.54, 1.807) is 0 Å². The lowest BCUT2D eigenvalue weighted by atomic mass is 10.4. The fourth-order valence-corrected chi connectivity index (χ4v) is 1.93. The Hall–Kier alpha value is -1.55. The number of aromatic amines is 1. The van der Waals surface area contributed by atoms with Crippen LogP contribution in [0.1, 0.15) is 18.8 Å². The van der Waals surface area contributed by atoms with E-state index in [4.69, 9.17) is 5.11 Å². The number of nitrogens with one attached hydrogen (secondary N) is 2. The van der Waals surface area contributed by atoms with Gasteiger partial charge in [0.15, 0.2) is 11.6 Å². The van der Waals surface area contributed by atoms with Gasteiger partial charge in [-0.2, -0.15) is 5.21 Å². The molecule has 1 unspecified atom stereocenters. The smallest absolute Gasteiger partial charge is 0.320 e. The second-order valence-corrected chi connectivity index (χ2v) is 4.52. The average molecular weight is 235 g/mol. The maximum absolute atomic E-state index is 11.2. The highest BCUT2D eigenvalue weighted by molar-refractivity contribution is 7.90. The van der Waals surface area contributed by atoms with Crippen molar-refractivity contribution in [1.29, 1.82) is 0 Å². The molecule has 0 bridgehead atoms. The van der Waals surface area contributed by atoms with Crippen molar-refractivity contribution in [1.82, 2.24) is 25.3 Å². The van der Waals surface area contributed by atoms with Gasteiger partial charge in [-0.1, -0.05) is 5.21 Å². The van der Waals surface area contributed by atoms with Crippen LogP contribution in [-0.2, 0) is 14.8 Å². The molecule has 0 aromatic carbocycles. The van der Waals surface area contributed by atoms with Crippen LogP contribution in [0.25, 0.3) is 0 Å². The standard InChI is InChI=1S/C5H9N5O4S/c1-3(5-6-9-10-7-5)8-15(13,14)2-4(11)12/h3,8H,2H2,1H3,(H,11,12)(H,6,7,9,10). The number of aromatic nitrogens is 4. The summed E-state index contributed by atoms with van der Waals surface area (Å²) in [6, 6.07) is -0.729. The van der Waals surface area contributed by atoms with Crippen molar-refractivity contribution >= 4 is 16.0 Å². The highest BCUT2D eigenvalue weighted by atomic mass is 32.2. The third-order valence-electron chi connectivity index (χ3n) is 1.42. The van der Waals surface area contributed by atoms with Gasteiger partial charge in [-0.15, -0.1) is 10.2 Å². The lowest BCUT2D eigenvalue weighted by Crippen LogP contribution is -2.32. The quantitative estimate of drug-likeness (QED) is 0.550. The summed E-state index contributed by atoms with van der Waals surface area (Å²) in [6.45, 7) is 1.48. The second-order valence-electron chi connectivity index (χ2n) is 2.76. The van der Waals surface area contributed by atoms with Crippen LogP contribution < -0.4 is 4.72 Å². The van der Waals surface area contributed by atoms with Crippen molar-refractivity contribution < 1.29 is 18.3 Å². The highest BCUT2D eigenvalue weighted by Gasteiger charge is 2.21. The van der Waals surface area contributed by atoms with Crippen molar-refractivity contribution in [2.75, 3.05) is 5.75 Å². The molecule has 1 aromatic rings. The summed E-state index contributed by atoms with van der Waals surface area (Å²) < 4.78 is 24.4. The van der Waals surface area contributed by atoms with Crippen molar-refractivity contribution in [3.05, 3.63) is 5.82 Å². The minimum atomic E-state index is -3.88. The number of sulfonamides is 1. The van der Waals surface area contributed by atoms with Gasteiger partial charge in [0.05, 0.1) is 6.04 Å². The first kappa shape index (κ1) is 11.5. The van der Waals surface area contributed by atoms with Crippen LogP contribution in [0.4, 0.5) is 0 Å². The first-order valence-electron chi connectivity index (χ1n) is 3.86. The number of tetrazole rings is 1. The van der Waals surface area contributed by atoms with Gasteiger partial charge >= 0.3 is 5.97 Å². The van der Waals surface area contributed by atoms with Crippen LogP contribution in [0.5, 0.6) is 0 Å². The number of nitrogens with zero attached hydrogens (tertiary/aromatic N) is 3. The van der Waals surface area contributed by atoms with Crippen LogP contribution in [0.15, 0.2) is 0 Å². The Morgan fingerprint density at radius 1 is 1.67 bits per heavy atom. The van der Waals surface area contributed by atoms with Gasteiger partial charge in [-0.3, -0.25) is 4.79 Å². The molecule has 10 heteroatoms. The zero-order valence-corrected chi connectivity index (χ0v) is 8.52. The van der Waals surface area contributed by atoms with Gasteiger partial charge in [-0.05, 0) is 6.92 Å². The number of hydrogen-bond acceptors (Lipinski definition) is 6. The van der Waals surface area contributed by atoms with Crippen LogP contribution >= 0.6 is 0 Å². The van der Waals surface area contributed by atoms with Gasteiger partial charge < -0.3 is 5.11 Å². The lowest BCUT2D eigenvalue weighted by molar-refractivity contribution is -0.134. The molecule has 0 aliphatic rings. The molecule has 0 amide bonds. The molecular weight excluding hydrogens is 226 g/mol. The van der Waals surface area contributed by atoms with Crippen molar-refractivity contribution in [3.8, 4) is 0 Å². The van der Waals surface area contributed by atoms with Gasteiger partial charge in [0.2, 0.25) is 10.0 Å². The Labute approximate surface area is 84.9 Å². The van der Waals surface area contributed by atoms with Crippen LogP contribution in [-0.4, -0.2) is 45.9 Å². The van der Waals surface area contributed by atoms with Crippen LogP contribution in [0.2, 0.25) is 0 Å². The lowest BCUT2D eigenvalue weighted by Gasteiger charge is -2.08. The number of H-pyrrole nitrogens is 1. The largest absolute Gasteiger partial charge is 0.480 e. The third kappa shape index (κ3) is 3.59. The Morgan fingerprint density at radius 3 is 2.80 bits per heavy atom. The fourth-order valence-electron chi connectivity index (χ4n) is 0.879. The number of hydrogen-bond donors (Lipinski definition) is 3. The van der Waals surface area contributed by atoms with Crippen LogP contribution in [0.3, 0.4) is 0 Å². The summed E-state index contributed by atoms with van der Waals surface area (Å²) in [5.74, 6) is -2.28. The summed E-state index contributed by atoms with van der Waals surface area (Å²) >= 11 is 0. The topological polar surface area (TPSA) is 138 Å². The van der Waals surface area contributed by atoms with Gasteiger partial charge in [0.1, 0.15) is 0 Å². The maximum Gasteiger partial charge on any atom is 0.320 e. The predicted molar refractivity (Wildman–Crippen MR) is 47.2 cm³/mol. The zero-order valence-electron chi connectivity index (χ0n) is 7.71. The molecule has 0 aliphatic heterocycles. The van der Waals surface area contributed by atoms with Crippen molar-refractivity contribution in [2.45, 2.75) is 13.0 Å². The Kier molecular flexibility index (Phi) is 3.31. The molecule has 0 fully saturated rings. The Bertz CT molecular complexity index is 426. The van der Waals surface area contributed by atoms with E-state index in [2.05, 4.69) is 25.3 Å². The summed E-state index contributed by atoms with van der Waals surface area (Å²) in [7, 11) is -3.88. The van der Waals surface area contributed by atoms with Crippen molar-refractivity contribution in [2.24, 2.45) is 0 Å². The maximum atomic E-state index is 11.2. The number of carbonyl (C=O) groups is 1. The molecule has 1 rings (SSSR count). The summed E-state index contributed by atoms with van der Waals surface area (Å²) in [5, 5.41) is 20.8. The van der Waals surface area contributed by atoms with E-state index in [1.165, 1.54) is 6.92 Å². The molecule has 84 valence electrons. The van der Waals surface area contributed by atoms with Gasteiger partial charge in [0, 0.05) is 0 Å². The van der Waals surface area contributed by atoms with E-state index in [-0.39, 0.29) is 5.82 Å². The van der Waals surface area contributed by atoms with Gasteiger partial charge in [0.25, 0.3) is 0 Å². The van der Waals surface area contributed by atoms with E-state index >= 15 is 0 Å². The zero-order chi connectivity index (χ0) is 11.5. The molecule has 0 radical (unpaired) electrons. The molecule has 0 aliphatic carbocycles. The van der Waals surface area contributed by atoms with Gasteiger partial charge in [-0.25, -0.2) is 13.1 Å². The van der Waals surface area contributed by atoms with E-state index in [0.29, 0.717) is 0 Å². The minimum Gasteiger partial charge on any atom is -0.480 e. The summed E-state index contributed by atoms with van der Waals surface area (Å²) in [4.78, 5) is 10.2. The normalized spacial score (nSPS) is 13.7. The molecule has 0 spiro atoms. The summed E-state index contributed by atoms with van der Waals surface area (Å²) in [6.07, 6.45) is 0. The predicted octanol–water partition coefficient (Wildman–Crippen LogP) is -1.74. The fraction of sp³-hybridized carbons (Fsp3) is 0.600. The molecular formula is C5H9N5O4S. The molecule has 1 heterocycles. The number of carboxylic acid groups (broad SMARTS) is 1. The number of rotatable bonds is 5.